The fraction of sp³-hybridized carbons (Fsp3) is 0.562. The maximum Gasteiger partial charge on any atom is 0.234 e. The molecule has 0 aromatic heterocycles. The molecule has 21 heavy (non-hydrogen) atoms. The van der Waals surface area contributed by atoms with Crippen LogP contribution < -0.4 is 10.1 Å². The van der Waals surface area contributed by atoms with Gasteiger partial charge in [-0.15, -0.1) is 0 Å². The molecule has 5 heteroatoms. The summed E-state index contributed by atoms with van der Waals surface area (Å²) in [7, 11) is 1.62. The molecular formula is C16H24N2O3. The van der Waals surface area contributed by atoms with Crippen molar-refractivity contribution in [2.45, 2.75) is 31.9 Å². The third-order valence-corrected chi connectivity index (χ3v) is 3.79. The molecule has 1 amide bonds. The number of nitrogens with one attached hydrogen (secondary N) is 1. The maximum absolute atomic E-state index is 12.0. The molecule has 0 spiro atoms. The second-order valence-corrected chi connectivity index (χ2v) is 5.90. The van der Waals surface area contributed by atoms with Crippen LogP contribution in [0.15, 0.2) is 24.3 Å². The number of carbonyl (C=O) groups is 1. The molecule has 1 fully saturated rings. The second kappa shape index (κ2) is 6.91. The molecule has 0 saturated carbocycles. The Labute approximate surface area is 125 Å². The number of methoxy groups -OCH3 is 1. The number of carbonyl (C=O) groups excluding carboxylic acids is 1. The van der Waals surface area contributed by atoms with Crippen molar-refractivity contribution in [3.63, 3.8) is 0 Å². The van der Waals surface area contributed by atoms with E-state index in [4.69, 9.17) is 4.74 Å². The van der Waals surface area contributed by atoms with Crippen molar-refractivity contribution >= 4 is 5.91 Å². The topological polar surface area (TPSA) is 61.8 Å². The number of benzene rings is 1. The summed E-state index contributed by atoms with van der Waals surface area (Å²) in [6.45, 7) is 4.01. The van der Waals surface area contributed by atoms with Crippen molar-refractivity contribution in [1.29, 1.82) is 0 Å². The summed E-state index contributed by atoms with van der Waals surface area (Å²) in [5.41, 5.74) is 0.278. The molecule has 1 aliphatic heterocycles. The minimum Gasteiger partial charge on any atom is -0.496 e. The highest BCUT2D eigenvalue weighted by Gasteiger charge is 2.29. The minimum absolute atomic E-state index is 0.0291. The van der Waals surface area contributed by atoms with Gasteiger partial charge in [0, 0.05) is 18.7 Å². The minimum atomic E-state index is -0.679. The first-order valence-corrected chi connectivity index (χ1v) is 7.33. The highest BCUT2D eigenvalue weighted by Crippen LogP contribution is 2.20. The second-order valence-electron chi connectivity index (χ2n) is 5.90. The van der Waals surface area contributed by atoms with Gasteiger partial charge in [-0.05, 0) is 32.4 Å². The number of hydrogen-bond donors (Lipinski definition) is 2. The number of ether oxygens (including phenoxy) is 1. The average molecular weight is 292 g/mol. The number of β-amino-alcohol motifs (C(OH)–C–C–N with tert-alkyl or cyclic N) is 1. The SMILES string of the molecule is COc1ccccc1CNC(=O)CN1CCCC(C)(O)C1. The van der Waals surface area contributed by atoms with Gasteiger partial charge in [0.05, 0.1) is 19.3 Å². The zero-order chi connectivity index (χ0) is 15.3. The van der Waals surface area contributed by atoms with Gasteiger partial charge in [-0.25, -0.2) is 0 Å². The molecule has 1 heterocycles. The third kappa shape index (κ3) is 4.72. The number of amides is 1. The molecular weight excluding hydrogens is 268 g/mol. The van der Waals surface area contributed by atoms with Gasteiger partial charge < -0.3 is 15.2 Å². The van der Waals surface area contributed by atoms with Crippen molar-refractivity contribution in [1.82, 2.24) is 10.2 Å². The molecule has 1 atom stereocenters. The predicted molar refractivity (Wildman–Crippen MR) is 81.1 cm³/mol. The van der Waals surface area contributed by atoms with Crippen molar-refractivity contribution in [3.8, 4) is 5.75 Å². The Hall–Kier alpha value is -1.59. The molecule has 116 valence electrons. The van der Waals surface area contributed by atoms with E-state index in [2.05, 4.69) is 5.32 Å². The third-order valence-electron chi connectivity index (χ3n) is 3.79. The summed E-state index contributed by atoms with van der Waals surface area (Å²) < 4.78 is 5.26. The number of aliphatic hydroxyl groups is 1. The lowest BCUT2D eigenvalue weighted by Crippen LogP contribution is -2.49. The van der Waals surface area contributed by atoms with E-state index in [0.29, 0.717) is 19.6 Å². The number of hydrogen-bond acceptors (Lipinski definition) is 4. The predicted octanol–water partition coefficient (Wildman–Crippen LogP) is 1.16. The first kappa shape index (κ1) is 15.8. The standard InChI is InChI=1S/C16H24N2O3/c1-16(20)8-5-9-18(12-16)11-15(19)17-10-13-6-3-4-7-14(13)21-2/h3-4,6-7,20H,5,8-12H2,1-2H3,(H,17,19). The summed E-state index contributed by atoms with van der Waals surface area (Å²) in [5, 5.41) is 13.0. The van der Waals surface area contributed by atoms with Gasteiger partial charge in [0.2, 0.25) is 5.91 Å². The maximum atomic E-state index is 12.0. The Morgan fingerprint density at radius 1 is 1.48 bits per heavy atom. The number of para-hydroxylation sites is 1. The lowest BCUT2D eigenvalue weighted by Gasteiger charge is -2.36. The van der Waals surface area contributed by atoms with E-state index in [1.54, 1.807) is 7.11 Å². The van der Waals surface area contributed by atoms with Gasteiger partial charge >= 0.3 is 0 Å². The summed E-state index contributed by atoms with van der Waals surface area (Å²) in [4.78, 5) is 14.0. The van der Waals surface area contributed by atoms with Gasteiger partial charge in [-0.3, -0.25) is 9.69 Å². The number of piperidine rings is 1. The Morgan fingerprint density at radius 3 is 2.95 bits per heavy atom. The van der Waals surface area contributed by atoms with E-state index in [9.17, 15) is 9.90 Å². The smallest absolute Gasteiger partial charge is 0.234 e. The zero-order valence-corrected chi connectivity index (χ0v) is 12.8. The normalized spacial score (nSPS) is 22.8. The average Bonchev–Trinajstić information content (AvgIpc) is 2.44. The largest absolute Gasteiger partial charge is 0.496 e. The molecule has 5 nitrogen and oxygen atoms in total. The van der Waals surface area contributed by atoms with E-state index in [0.717, 1.165) is 30.7 Å². The van der Waals surface area contributed by atoms with E-state index < -0.39 is 5.60 Å². The van der Waals surface area contributed by atoms with Crippen molar-refractivity contribution in [3.05, 3.63) is 29.8 Å². The summed E-state index contributed by atoms with van der Waals surface area (Å²) in [5.74, 6) is 0.748. The lowest BCUT2D eigenvalue weighted by atomic mass is 9.95. The fourth-order valence-electron chi connectivity index (χ4n) is 2.76. The summed E-state index contributed by atoms with van der Waals surface area (Å²) in [6, 6.07) is 7.64. The Kier molecular flexibility index (Phi) is 5.20. The molecule has 1 aromatic rings. The van der Waals surface area contributed by atoms with Crippen LogP contribution in [0.5, 0.6) is 5.75 Å². The van der Waals surface area contributed by atoms with E-state index >= 15 is 0 Å². The molecule has 0 aliphatic carbocycles. The number of rotatable bonds is 5. The Balaban J connectivity index is 1.82. The first-order chi connectivity index (χ1) is 10.00. The van der Waals surface area contributed by atoms with E-state index in [1.807, 2.05) is 36.1 Å². The molecule has 1 unspecified atom stereocenters. The van der Waals surface area contributed by atoms with Crippen molar-refractivity contribution in [2.24, 2.45) is 0 Å². The highest BCUT2D eigenvalue weighted by molar-refractivity contribution is 5.78. The molecule has 1 saturated heterocycles. The monoisotopic (exact) mass is 292 g/mol. The van der Waals surface area contributed by atoms with Gasteiger partial charge in [-0.1, -0.05) is 18.2 Å². The van der Waals surface area contributed by atoms with Crippen LogP contribution in [-0.2, 0) is 11.3 Å². The zero-order valence-electron chi connectivity index (χ0n) is 12.8. The summed E-state index contributed by atoms with van der Waals surface area (Å²) in [6.07, 6.45) is 1.72. The van der Waals surface area contributed by atoms with Crippen molar-refractivity contribution in [2.75, 3.05) is 26.7 Å². The van der Waals surface area contributed by atoms with Gasteiger partial charge in [0.15, 0.2) is 0 Å². The Bertz CT molecular complexity index is 488. The first-order valence-electron chi connectivity index (χ1n) is 7.33. The van der Waals surface area contributed by atoms with Crippen LogP contribution in [0, 0.1) is 0 Å². The van der Waals surface area contributed by atoms with Crippen LogP contribution in [0.2, 0.25) is 0 Å². The molecule has 2 N–H and O–H groups in total. The molecule has 0 bridgehead atoms. The van der Waals surface area contributed by atoms with Crippen LogP contribution in [0.1, 0.15) is 25.3 Å². The van der Waals surface area contributed by atoms with Gasteiger partial charge in [0.25, 0.3) is 0 Å². The van der Waals surface area contributed by atoms with Crippen molar-refractivity contribution < 1.29 is 14.6 Å². The molecule has 0 radical (unpaired) electrons. The number of nitrogens with zero attached hydrogens (tertiary/aromatic N) is 1. The molecule has 1 aliphatic rings. The van der Waals surface area contributed by atoms with Gasteiger partial charge in [-0.2, -0.15) is 0 Å². The van der Waals surface area contributed by atoms with E-state index in [-0.39, 0.29) is 5.91 Å². The molecule has 2 rings (SSSR count). The summed E-state index contributed by atoms with van der Waals surface area (Å²) >= 11 is 0. The lowest BCUT2D eigenvalue weighted by molar-refractivity contribution is -0.123. The van der Waals surface area contributed by atoms with E-state index in [1.165, 1.54) is 0 Å². The van der Waals surface area contributed by atoms with Crippen LogP contribution in [0.4, 0.5) is 0 Å². The Morgan fingerprint density at radius 2 is 2.24 bits per heavy atom. The van der Waals surface area contributed by atoms with Crippen LogP contribution in [0.25, 0.3) is 0 Å². The van der Waals surface area contributed by atoms with Crippen LogP contribution >= 0.6 is 0 Å². The highest BCUT2D eigenvalue weighted by atomic mass is 16.5. The van der Waals surface area contributed by atoms with Crippen LogP contribution in [0.3, 0.4) is 0 Å². The van der Waals surface area contributed by atoms with Crippen LogP contribution in [-0.4, -0.2) is 48.3 Å². The van der Waals surface area contributed by atoms with Gasteiger partial charge in [0.1, 0.15) is 5.75 Å². The quantitative estimate of drug-likeness (QED) is 0.855. The fourth-order valence-corrected chi connectivity index (χ4v) is 2.76. The number of likely N-dealkylation sites (tertiary alicyclic amines) is 1. The molecule has 1 aromatic carbocycles.